The number of halogens is 1. The zero-order chi connectivity index (χ0) is 13.6. The van der Waals surface area contributed by atoms with E-state index in [1.165, 1.54) is 21.9 Å². The predicted octanol–water partition coefficient (Wildman–Crippen LogP) is -0.803. The van der Waals surface area contributed by atoms with Crippen molar-refractivity contribution in [3.63, 3.8) is 0 Å². The molecule has 3 nitrogen and oxygen atoms in total. The molecule has 2 aliphatic heterocycles. The quantitative estimate of drug-likeness (QED) is 0.683. The van der Waals surface area contributed by atoms with Crippen LogP contribution in [0.15, 0.2) is 30.3 Å². The van der Waals surface area contributed by atoms with Crippen molar-refractivity contribution < 1.29 is 31.3 Å². The van der Waals surface area contributed by atoms with Gasteiger partial charge in [0.25, 0.3) is 0 Å². The number of ether oxygens (including phenoxy) is 1. The lowest BCUT2D eigenvalue weighted by Gasteiger charge is -2.37. The van der Waals surface area contributed by atoms with Gasteiger partial charge < -0.3 is 31.3 Å². The van der Waals surface area contributed by atoms with Gasteiger partial charge in [-0.1, -0.05) is 24.3 Å². The topological polar surface area (TPSA) is 29.5 Å². The van der Waals surface area contributed by atoms with Crippen molar-refractivity contribution in [1.29, 1.82) is 0 Å². The molecule has 0 bridgehead atoms. The highest BCUT2D eigenvalue weighted by Crippen LogP contribution is 2.37. The van der Waals surface area contributed by atoms with E-state index in [1.54, 1.807) is 0 Å². The number of hydrogen-bond acceptors (Lipinski definition) is 2. The van der Waals surface area contributed by atoms with E-state index in [0.717, 1.165) is 49.4 Å². The summed E-state index contributed by atoms with van der Waals surface area (Å²) in [6.45, 7) is 6.20. The predicted molar refractivity (Wildman–Crippen MR) is 78.1 cm³/mol. The molecule has 1 saturated heterocycles. The van der Waals surface area contributed by atoms with E-state index >= 15 is 0 Å². The molecule has 0 unspecified atom stereocenters. The summed E-state index contributed by atoms with van der Waals surface area (Å²) in [7, 11) is 0. The van der Waals surface area contributed by atoms with Gasteiger partial charge in [-0.05, 0) is 22.4 Å². The van der Waals surface area contributed by atoms with Gasteiger partial charge in [0.1, 0.15) is 26.2 Å². The summed E-state index contributed by atoms with van der Waals surface area (Å²) in [5, 5.41) is 12.3. The van der Waals surface area contributed by atoms with Gasteiger partial charge in [-0.2, -0.15) is 0 Å². The molecule has 0 radical (unpaired) electrons. The highest BCUT2D eigenvalue weighted by molar-refractivity contribution is 5.87. The molecule has 2 heterocycles. The molecule has 2 aliphatic rings. The third kappa shape index (κ3) is 2.40. The highest BCUT2D eigenvalue weighted by Gasteiger charge is 2.39. The van der Waals surface area contributed by atoms with Crippen molar-refractivity contribution in [3.8, 4) is 0 Å². The van der Waals surface area contributed by atoms with Gasteiger partial charge >= 0.3 is 0 Å². The third-order valence-electron chi connectivity index (χ3n) is 4.94. The molecule has 0 atom stereocenters. The van der Waals surface area contributed by atoms with E-state index in [2.05, 4.69) is 30.3 Å². The molecular weight excluding hydrogens is 330 g/mol. The number of fused-ring (bicyclic) bond motifs is 2. The lowest BCUT2D eigenvalue weighted by atomic mass is 9.96. The normalized spacial score (nSPS) is 19.5. The van der Waals surface area contributed by atoms with Crippen molar-refractivity contribution in [2.24, 2.45) is 0 Å². The van der Waals surface area contributed by atoms with Gasteiger partial charge in [0.05, 0.1) is 19.8 Å². The number of rotatable bonds is 1. The van der Waals surface area contributed by atoms with E-state index in [0.29, 0.717) is 0 Å². The first-order valence-electron chi connectivity index (χ1n) is 7.37. The van der Waals surface area contributed by atoms with Crippen LogP contribution in [0.1, 0.15) is 16.7 Å². The molecule has 2 aromatic rings. The van der Waals surface area contributed by atoms with Crippen LogP contribution in [0.3, 0.4) is 0 Å². The molecule has 0 aromatic heterocycles. The monoisotopic (exact) mass is 349 g/mol. The van der Waals surface area contributed by atoms with Crippen molar-refractivity contribution >= 4 is 10.8 Å². The maximum Gasteiger partial charge on any atom is 0.106 e. The van der Waals surface area contributed by atoms with Gasteiger partial charge in [0, 0.05) is 11.1 Å². The Bertz CT molecular complexity index is 665. The van der Waals surface area contributed by atoms with Gasteiger partial charge in [0.15, 0.2) is 0 Å². The summed E-state index contributed by atoms with van der Waals surface area (Å²) < 4.78 is 6.63. The van der Waals surface area contributed by atoms with Gasteiger partial charge in [-0.25, -0.2) is 0 Å². The van der Waals surface area contributed by atoms with Gasteiger partial charge in [-0.15, -0.1) is 0 Å². The molecule has 1 spiro atoms. The van der Waals surface area contributed by atoms with Crippen molar-refractivity contribution in [3.05, 3.63) is 47.0 Å². The van der Waals surface area contributed by atoms with E-state index in [4.69, 9.17) is 4.74 Å². The van der Waals surface area contributed by atoms with Crippen LogP contribution < -0.4 is 17.0 Å². The van der Waals surface area contributed by atoms with Crippen molar-refractivity contribution in [2.75, 3.05) is 26.3 Å². The summed E-state index contributed by atoms with van der Waals surface area (Å²) in [4.78, 5) is 0. The number of hydrogen-bond donors (Lipinski definition) is 1. The van der Waals surface area contributed by atoms with E-state index in [9.17, 15) is 5.11 Å². The van der Waals surface area contributed by atoms with E-state index in [1.807, 2.05) is 0 Å². The largest absolute Gasteiger partial charge is 1.00 e. The van der Waals surface area contributed by atoms with E-state index in [-0.39, 0.29) is 23.6 Å². The highest BCUT2D eigenvalue weighted by atomic mass is 79.9. The fraction of sp³-hybridized carbons (Fsp3) is 0.412. The maximum atomic E-state index is 9.85. The number of aliphatic hydroxyl groups is 1. The third-order valence-corrected chi connectivity index (χ3v) is 4.94. The minimum Gasteiger partial charge on any atom is -1.00 e. The zero-order valence-electron chi connectivity index (χ0n) is 12.0. The molecule has 4 heteroatoms. The van der Waals surface area contributed by atoms with Crippen LogP contribution >= 0.6 is 0 Å². The van der Waals surface area contributed by atoms with Crippen LogP contribution in [-0.2, 0) is 24.4 Å². The van der Waals surface area contributed by atoms with Gasteiger partial charge in [-0.3, -0.25) is 0 Å². The number of quaternary nitrogens is 1. The summed E-state index contributed by atoms with van der Waals surface area (Å²) in [5.74, 6) is 0. The first-order chi connectivity index (χ1) is 9.81. The number of aliphatic hydroxyl groups excluding tert-OH is 1. The van der Waals surface area contributed by atoms with Crippen LogP contribution in [0.5, 0.6) is 0 Å². The Morgan fingerprint density at radius 3 is 2.62 bits per heavy atom. The second kappa shape index (κ2) is 5.69. The van der Waals surface area contributed by atoms with Crippen LogP contribution in [0.25, 0.3) is 10.8 Å². The molecular formula is C17H20BrNO2. The summed E-state index contributed by atoms with van der Waals surface area (Å²) in [6.07, 6.45) is 0. The fourth-order valence-corrected chi connectivity index (χ4v) is 3.85. The van der Waals surface area contributed by atoms with Crippen molar-refractivity contribution in [1.82, 2.24) is 0 Å². The Hall–Kier alpha value is -0.940. The molecule has 2 aromatic carbocycles. The second-order valence-corrected chi connectivity index (χ2v) is 6.09. The minimum atomic E-state index is 0. The first-order valence-corrected chi connectivity index (χ1v) is 7.37. The Morgan fingerprint density at radius 1 is 1.10 bits per heavy atom. The second-order valence-electron chi connectivity index (χ2n) is 6.09. The molecule has 4 rings (SSSR count). The standard InChI is InChI=1S/C17H20NO2.BrH/c19-12-17-15-4-2-1-3-13(15)9-14-10-18(11-16(14)17)5-7-20-8-6-18;/h1-4,9,19H,5-8,10-12H2;1H/q+1;/p-1. The molecule has 112 valence electrons. The average Bonchev–Trinajstić information content (AvgIpc) is 2.82. The molecule has 1 N–H and O–H groups in total. The smallest absolute Gasteiger partial charge is 0.106 e. The zero-order valence-corrected chi connectivity index (χ0v) is 13.6. The molecule has 0 aliphatic carbocycles. The van der Waals surface area contributed by atoms with Crippen LogP contribution in [0.2, 0.25) is 0 Å². The van der Waals surface area contributed by atoms with Crippen LogP contribution in [0, 0.1) is 0 Å². The lowest BCUT2D eigenvalue weighted by Crippen LogP contribution is -3.00. The Morgan fingerprint density at radius 2 is 1.86 bits per heavy atom. The first kappa shape index (κ1) is 15.0. The van der Waals surface area contributed by atoms with Crippen LogP contribution in [-0.4, -0.2) is 35.9 Å². The van der Waals surface area contributed by atoms with E-state index < -0.39 is 0 Å². The molecule has 21 heavy (non-hydrogen) atoms. The average molecular weight is 350 g/mol. The van der Waals surface area contributed by atoms with Crippen molar-refractivity contribution in [2.45, 2.75) is 19.7 Å². The Kier molecular flexibility index (Phi) is 4.06. The molecule has 0 saturated carbocycles. The minimum absolute atomic E-state index is 0. The lowest BCUT2D eigenvalue weighted by molar-refractivity contribution is -0.953. The Labute approximate surface area is 135 Å². The number of nitrogens with zero attached hydrogens (tertiary/aromatic N) is 1. The summed E-state index contributed by atoms with van der Waals surface area (Å²) in [5.41, 5.74) is 3.95. The Balaban J connectivity index is 0.00000132. The summed E-state index contributed by atoms with van der Waals surface area (Å²) >= 11 is 0. The molecule has 1 fully saturated rings. The number of benzene rings is 2. The molecule has 0 amide bonds. The summed E-state index contributed by atoms with van der Waals surface area (Å²) in [6, 6.07) is 10.7. The number of morpholine rings is 1. The SMILES string of the molecule is OCc1c2c(cc3ccccc13)C[N+]1(CCOCC1)C2.[Br-]. The van der Waals surface area contributed by atoms with Crippen LogP contribution in [0.4, 0.5) is 0 Å². The maximum absolute atomic E-state index is 9.85. The van der Waals surface area contributed by atoms with Gasteiger partial charge in [0.2, 0.25) is 0 Å². The fourth-order valence-electron chi connectivity index (χ4n) is 3.85.